The Bertz CT molecular complexity index is 3840. The van der Waals surface area contributed by atoms with E-state index in [0.717, 1.165) is 26.5 Å². The van der Waals surface area contributed by atoms with E-state index in [1.165, 1.54) is 57.2 Å². The summed E-state index contributed by atoms with van der Waals surface area (Å²) in [5, 5.41) is 65.1. The third-order valence-corrected chi connectivity index (χ3v) is 20.3. The number of rotatable bonds is 32. The highest BCUT2D eigenvalue weighted by Crippen LogP contribution is 2.28. The summed E-state index contributed by atoms with van der Waals surface area (Å²) < 4.78 is 0. The third-order valence-electron chi connectivity index (χ3n) is 17.6. The number of nitrogens with one attached hydrogen (secondary N) is 15. The molecular weight excluding hydrogens is 1480 g/mol. The molecule has 0 radical (unpaired) electrons. The lowest BCUT2D eigenvalue weighted by atomic mass is 9.96. The first kappa shape index (κ1) is 87.6. The second kappa shape index (κ2) is 43.0. The van der Waals surface area contributed by atoms with Crippen LogP contribution < -0.4 is 69.1 Å². The number of imidazole rings is 2. The maximum absolute atomic E-state index is 15.5. The van der Waals surface area contributed by atoms with Crippen LogP contribution in [0.5, 0.6) is 5.75 Å². The van der Waals surface area contributed by atoms with Gasteiger partial charge in [0.15, 0.2) is 0 Å². The Labute approximate surface area is 641 Å². The zero-order valence-electron chi connectivity index (χ0n) is 61.5. The van der Waals surface area contributed by atoms with E-state index >= 15 is 14.4 Å². The molecule has 0 spiro atoms. The smallest absolute Gasteiger partial charge is 0.305 e. The van der Waals surface area contributed by atoms with Crippen LogP contribution in [-0.4, -0.2) is 240 Å². The number of carboxylic acids is 1. The van der Waals surface area contributed by atoms with Crippen LogP contribution in [0, 0.1) is 17.8 Å². The second-order valence-corrected chi connectivity index (χ2v) is 30.3. The number of amides is 14. The fourth-order valence-electron chi connectivity index (χ4n) is 11.7. The van der Waals surface area contributed by atoms with Gasteiger partial charge in [-0.15, -0.1) is 0 Å². The molecule has 109 heavy (non-hydrogen) atoms. The summed E-state index contributed by atoms with van der Waals surface area (Å²) in [6, 6.07) is -4.97. The number of aromatic amines is 2. The number of likely N-dealkylation sites (N-methyl/N-ethyl adjacent to an activating group) is 1. The van der Waals surface area contributed by atoms with Gasteiger partial charge < -0.3 is 99.3 Å². The molecule has 2 aromatic heterocycles. The van der Waals surface area contributed by atoms with E-state index < -0.39 is 217 Å². The summed E-state index contributed by atoms with van der Waals surface area (Å²) in [7, 11) is 3.07. The number of fused-ring (bicyclic) bond motifs is 1. The average molecular weight is 1580 g/mol. The number of H-pyrrole nitrogens is 2. The van der Waals surface area contributed by atoms with E-state index in [4.69, 9.17) is 11.6 Å². The topological polar surface area (TPSA) is 534 Å². The van der Waals surface area contributed by atoms with Crippen molar-refractivity contribution in [1.82, 2.24) is 94.0 Å². The van der Waals surface area contributed by atoms with Crippen molar-refractivity contribution in [1.29, 1.82) is 0 Å². The van der Waals surface area contributed by atoms with Gasteiger partial charge in [-0.2, -0.15) is 0 Å². The lowest BCUT2D eigenvalue weighted by Crippen LogP contribution is -2.62. The molecule has 0 saturated carbocycles. The number of carbonyl (C=O) groups is 15. The summed E-state index contributed by atoms with van der Waals surface area (Å²) in [5.74, 6) is -16.8. The molecule has 594 valence electrons. The molecule has 39 heteroatoms. The summed E-state index contributed by atoms with van der Waals surface area (Å²) in [4.78, 5) is 227. The first-order valence-corrected chi connectivity index (χ1v) is 38.2. The Hall–Kier alpha value is -10.3. The molecule has 14 amide bonds. The number of hydrogen-bond donors (Lipinski definition) is 18. The molecule has 4 heterocycles. The van der Waals surface area contributed by atoms with Crippen molar-refractivity contribution in [2.45, 2.75) is 179 Å². The molecule has 0 aliphatic carbocycles. The molecule has 6 rings (SSSR count). The van der Waals surface area contributed by atoms with Gasteiger partial charge in [0, 0.05) is 87.9 Å². The lowest BCUT2D eigenvalue weighted by molar-refractivity contribution is -0.142. The van der Waals surface area contributed by atoms with E-state index in [1.807, 2.05) is 0 Å². The fourth-order valence-corrected chi connectivity index (χ4v) is 14.2. The van der Waals surface area contributed by atoms with Gasteiger partial charge in [0.25, 0.3) is 0 Å². The number of aliphatic hydroxyl groups excluding tert-OH is 1. The van der Waals surface area contributed by atoms with E-state index in [0.29, 0.717) is 11.3 Å². The molecular formula is C70H97ClN18O18S2. The zero-order valence-corrected chi connectivity index (χ0v) is 63.9. The number of aromatic nitrogens is 4. The molecule has 4 unspecified atom stereocenters. The molecule has 0 bridgehead atoms. The number of aromatic hydroxyl groups is 1. The first-order valence-electron chi connectivity index (χ1n) is 35.4. The number of carboxylic acid groups (broad SMARTS) is 1. The van der Waals surface area contributed by atoms with Gasteiger partial charge in [-0.05, 0) is 53.9 Å². The predicted molar refractivity (Wildman–Crippen MR) is 398 cm³/mol. The largest absolute Gasteiger partial charge is 0.506 e. The molecule has 2 aromatic carbocycles. The minimum Gasteiger partial charge on any atom is -0.506 e. The van der Waals surface area contributed by atoms with E-state index in [1.54, 1.807) is 71.9 Å². The fraction of sp³-hybridized carbons (Fsp3) is 0.529. The molecule has 13 atom stereocenters. The van der Waals surface area contributed by atoms with Crippen molar-refractivity contribution in [3.63, 3.8) is 0 Å². The number of aliphatic carboxylic acids is 1. The molecule has 36 nitrogen and oxygen atoms in total. The maximum Gasteiger partial charge on any atom is 0.305 e. The molecule has 2 fully saturated rings. The predicted octanol–water partition coefficient (Wildman–Crippen LogP) is -2.42. The standard InChI is InChI=1S/C70H97ClN18O18S2/c1-9-37(6)59(69(106)85-45(17-35(2)3)60(97)76-29-57(94)75-28-56(93)72-8)88-66(103)50(23-42-27-74-34-78-42)82-67(104)52-31-108-109-32-53(87-64(101)49(22-41-26-73-33-77-41)81-62(99)47(79-38(7)90)20-39-13-11-10-12-14-39)70(107)89-30-43(91)24-54(89)68(105)84-48(21-40-15-16-55(92)44(71)19-40)63(100)83-51(25-58(95)96)65(102)80-46(18-36(4)5)61(98)86-52/h10-16,19,26-27,33-37,43,45-54,59,91-92H,9,17-18,20-25,28-32H2,1-8H3,(H,72,93)(H,73,77)(H,74,78)(H,75,94)(H,76,97)(H,79,90)(H,80,102)(H,81,99)(H,82,104)(H,83,100)(H,84,105)(H,85,106)(H,86,98)(H,87,101)(H,88,103)(H,95,96)/t37?,43?,45-,46-,47-,48-,49-,50?,51-,52-,53-,54?,59-/m0/s1. The Morgan fingerprint density at radius 2 is 1.23 bits per heavy atom. The van der Waals surface area contributed by atoms with Crippen LogP contribution in [0.1, 0.15) is 103 Å². The molecule has 2 aliphatic heterocycles. The number of nitrogens with zero attached hydrogens (tertiary/aromatic N) is 3. The molecule has 18 N–H and O–H groups in total. The highest BCUT2D eigenvalue weighted by molar-refractivity contribution is 8.76. The highest BCUT2D eigenvalue weighted by atomic mass is 35.5. The van der Waals surface area contributed by atoms with Crippen LogP contribution >= 0.6 is 33.2 Å². The highest BCUT2D eigenvalue weighted by Gasteiger charge is 2.45. The molecule has 4 aromatic rings. The quantitative estimate of drug-likeness (QED) is 0.0226. The number of benzene rings is 2. The number of hydrogen-bond acceptors (Lipinski definition) is 21. The third kappa shape index (κ3) is 28.3. The number of carbonyl (C=O) groups excluding carboxylic acids is 14. The SMILES string of the molecule is CCC(C)[C@H](NC(=O)C(Cc1cnc[nH]1)NC(=O)[C@@H]1CSSC[C@H](NC(=O)[C@H](Cc2cnc[nH]2)NC(=O)[C@H](Cc2ccccc2)NC(C)=O)C(=O)N2CC(O)CC2C(=O)N[C@@H](Cc2ccc(O)c(Cl)c2)C(=O)N[C@@H](CC(=O)O)C(=O)N[C@@H](CC(C)C)C(=O)N1)C(=O)N[C@@H](CC(C)C)C(=O)NCC(=O)NCC(=O)NC. The normalized spacial score (nSPS) is 20.5. The minimum atomic E-state index is -1.99. The number of aliphatic hydroxyl groups is 1. The van der Waals surface area contributed by atoms with E-state index in [-0.39, 0.29) is 73.0 Å². The van der Waals surface area contributed by atoms with Gasteiger partial charge in [-0.25, -0.2) is 9.97 Å². The number of phenols is 1. The van der Waals surface area contributed by atoms with Gasteiger partial charge in [0.1, 0.15) is 72.2 Å². The van der Waals surface area contributed by atoms with E-state index in [9.17, 15) is 72.9 Å². The summed E-state index contributed by atoms with van der Waals surface area (Å²) in [5.41, 5.74) is 1.48. The van der Waals surface area contributed by atoms with Crippen LogP contribution in [0.3, 0.4) is 0 Å². The van der Waals surface area contributed by atoms with Crippen LogP contribution in [0.2, 0.25) is 5.02 Å². The van der Waals surface area contributed by atoms with Gasteiger partial charge in [0.2, 0.25) is 82.7 Å². The van der Waals surface area contributed by atoms with Gasteiger partial charge in [-0.1, -0.05) is 118 Å². The van der Waals surface area contributed by atoms with Crippen molar-refractivity contribution in [3.8, 4) is 5.75 Å². The minimum absolute atomic E-state index is 0.0193. The van der Waals surface area contributed by atoms with Crippen LogP contribution in [0.25, 0.3) is 0 Å². The van der Waals surface area contributed by atoms with Crippen molar-refractivity contribution >= 4 is 122 Å². The van der Waals surface area contributed by atoms with E-state index in [2.05, 4.69) is 89.1 Å². The van der Waals surface area contributed by atoms with Crippen LogP contribution in [0.4, 0.5) is 0 Å². The molecule has 2 saturated heterocycles. The second-order valence-electron chi connectivity index (χ2n) is 27.3. The van der Waals surface area contributed by atoms with Gasteiger partial charge >= 0.3 is 5.97 Å². The van der Waals surface area contributed by atoms with Crippen LogP contribution in [-0.2, 0) is 97.6 Å². The zero-order chi connectivity index (χ0) is 80.2. The summed E-state index contributed by atoms with van der Waals surface area (Å²) in [6.07, 6.45) is 1.46. The lowest BCUT2D eigenvalue weighted by Gasteiger charge is -2.31. The Balaban J connectivity index is 1.41. The molecule has 2 aliphatic rings. The van der Waals surface area contributed by atoms with Crippen LogP contribution in [0.15, 0.2) is 73.6 Å². The van der Waals surface area contributed by atoms with Crippen molar-refractivity contribution < 1.29 is 87.2 Å². The maximum atomic E-state index is 15.5. The van der Waals surface area contributed by atoms with Crippen molar-refractivity contribution in [2.75, 3.05) is 38.2 Å². The van der Waals surface area contributed by atoms with Crippen molar-refractivity contribution in [2.24, 2.45) is 17.8 Å². The monoisotopic (exact) mass is 1580 g/mol. The first-order chi connectivity index (χ1) is 51.7. The van der Waals surface area contributed by atoms with Crippen molar-refractivity contribution in [3.05, 3.63) is 101 Å². The number of halogens is 1. The van der Waals surface area contributed by atoms with Gasteiger partial charge in [0.05, 0.1) is 43.3 Å². The number of phenolic OH excluding ortho intramolecular Hbond substituents is 1. The summed E-state index contributed by atoms with van der Waals surface area (Å²) in [6.45, 7) is 10.1. The Kier molecular flexibility index (Phi) is 34.6. The van der Waals surface area contributed by atoms with Gasteiger partial charge in [-0.3, -0.25) is 71.9 Å². The average Bonchev–Trinajstić information content (AvgIpc) is 1.74. The Morgan fingerprint density at radius 3 is 1.83 bits per heavy atom. The Morgan fingerprint density at radius 1 is 0.642 bits per heavy atom. The summed E-state index contributed by atoms with van der Waals surface area (Å²) >= 11 is 6.28.